The third kappa shape index (κ3) is 4.07. The normalized spacial score (nSPS) is 10.6. The molecule has 1 aromatic carbocycles. The fourth-order valence-electron chi connectivity index (χ4n) is 1.89. The van der Waals surface area contributed by atoms with Crippen LogP contribution in [0.3, 0.4) is 0 Å². The van der Waals surface area contributed by atoms with E-state index in [1.807, 2.05) is 38.1 Å². The van der Waals surface area contributed by atoms with Crippen LogP contribution in [0.1, 0.15) is 19.4 Å². The van der Waals surface area contributed by atoms with Crippen molar-refractivity contribution in [3.05, 3.63) is 47.5 Å². The molecule has 0 saturated carbocycles. The number of hydrogen-bond donors (Lipinski definition) is 2. The van der Waals surface area contributed by atoms with E-state index in [-0.39, 0.29) is 17.7 Å². The number of halogens is 2. The fraction of sp³-hybridized carbons (Fsp3) is 0.312. The highest BCUT2D eigenvalue weighted by Crippen LogP contribution is 2.20. The Hall–Kier alpha value is -2.37. The maximum absolute atomic E-state index is 13.8. The van der Waals surface area contributed by atoms with E-state index in [9.17, 15) is 8.78 Å². The molecule has 0 spiro atoms. The highest BCUT2D eigenvalue weighted by Gasteiger charge is 2.12. The van der Waals surface area contributed by atoms with Gasteiger partial charge in [0.25, 0.3) is 0 Å². The molecule has 0 atom stereocenters. The minimum absolute atomic E-state index is 0.00176. The van der Waals surface area contributed by atoms with Crippen molar-refractivity contribution in [2.75, 3.05) is 17.7 Å². The number of aromatic nitrogens is 1. The van der Waals surface area contributed by atoms with Gasteiger partial charge in [-0.25, -0.2) is 13.8 Å². The lowest BCUT2D eigenvalue weighted by molar-refractivity contribution is 0.414. The van der Waals surface area contributed by atoms with Gasteiger partial charge >= 0.3 is 0 Å². The van der Waals surface area contributed by atoms with Gasteiger partial charge in [0.05, 0.1) is 7.11 Å². The largest absolute Gasteiger partial charge is 0.497 e. The van der Waals surface area contributed by atoms with Crippen LogP contribution in [0.5, 0.6) is 5.75 Å². The molecule has 118 valence electrons. The zero-order valence-electron chi connectivity index (χ0n) is 12.8. The van der Waals surface area contributed by atoms with Crippen LogP contribution >= 0.6 is 0 Å². The Morgan fingerprint density at radius 2 is 1.73 bits per heavy atom. The Bertz CT molecular complexity index is 630. The number of ether oxygens (including phenoxy) is 1. The van der Waals surface area contributed by atoms with Gasteiger partial charge in [-0.2, -0.15) is 0 Å². The molecule has 0 radical (unpaired) electrons. The van der Waals surface area contributed by atoms with Crippen molar-refractivity contribution in [3.63, 3.8) is 0 Å². The molecular weight excluding hydrogens is 288 g/mol. The average molecular weight is 307 g/mol. The SMILES string of the molecule is COc1ccc(CNc2nc(NC(C)C)c(F)cc2F)cc1. The summed E-state index contributed by atoms with van der Waals surface area (Å²) < 4.78 is 32.5. The maximum Gasteiger partial charge on any atom is 0.168 e. The second-order valence-corrected chi connectivity index (χ2v) is 5.15. The number of rotatable bonds is 6. The van der Waals surface area contributed by atoms with Gasteiger partial charge in [-0.15, -0.1) is 0 Å². The Morgan fingerprint density at radius 1 is 1.09 bits per heavy atom. The average Bonchev–Trinajstić information content (AvgIpc) is 2.49. The van der Waals surface area contributed by atoms with E-state index < -0.39 is 11.6 Å². The van der Waals surface area contributed by atoms with E-state index in [2.05, 4.69) is 15.6 Å². The Kier molecular flexibility index (Phi) is 5.14. The highest BCUT2D eigenvalue weighted by molar-refractivity contribution is 5.48. The molecule has 0 saturated heterocycles. The Labute approximate surface area is 128 Å². The fourth-order valence-corrected chi connectivity index (χ4v) is 1.89. The molecule has 2 aromatic rings. The van der Waals surface area contributed by atoms with Crippen LogP contribution in [0, 0.1) is 11.6 Å². The molecule has 1 heterocycles. The molecule has 2 rings (SSSR count). The van der Waals surface area contributed by atoms with Crippen LogP contribution in [-0.4, -0.2) is 18.1 Å². The molecule has 0 amide bonds. The summed E-state index contributed by atoms with van der Waals surface area (Å²) in [5.41, 5.74) is 0.935. The van der Waals surface area contributed by atoms with E-state index in [4.69, 9.17) is 4.74 Å². The van der Waals surface area contributed by atoms with Crippen molar-refractivity contribution >= 4 is 11.6 Å². The van der Waals surface area contributed by atoms with E-state index in [1.165, 1.54) is 0 Å². The van der Waals surface area contributed by atoms with Crippen molar-refractivity contribution < 1.29 is 13.5 Å². The van der Waals surface area contributed by atoms with Gasteiger partial charge in [0, 0.05) is 18.7 Å². The summed E-state index contributed by atoms with van der Waals surface area (Å²) in [6, 6.07) is 8.19. The second-order valence-electron chi connectivity index (χ2n) is 5.15. The van der Waals surface area contributed by atoms with Gasteiger partial charge in [-0.1, -0.05) is 12.1 Å². The van der Waals surface area contributed by atoms with Crippen molar-refractivity contribution in [2.24, 2.45) is 0 Å². The first-order valence-corrected chi connectivity index (χ1v) is 6.99. The van der Waals surface area contributed by atoms with Crippen LogP contribution in [0.2, 0.25) is 0 Å². The summed E-state index contributed by atoms with van der Waals surface area (Å²) in [6.45, 7) is 4.09. The minimum atomic E-state index is -0.722. The summed E-state index contributed by atoms with van der Waals surface area (Å²) in [7, 11) is 1.59. The number of benzene rings is 1. The second kappa shape index (κ2) is 7.06. The van der Waals surface area contributed by atoms with Crippen LogP contribution in [0.25, 0.3) is 0 Å². The first-order chi connectivity index (χ1) is 10.5. The summed E-state index contributed by atoms with van der Waals surface area (Å²) >= 11 is 0. The Balaban J connectivity index is 2.10. The summed E-state index contributed by atoms with van der Waals surface area (Å²) in [6.07, 6.45) is 0. The van der Waals surface area contributed by atoms with E-state index in [0.29, 0.717) is 6.54 Å². The van der Waals surface area contributed by atoms with Gasteiger partial charge in [-0.05, 0) is 31.5 Å². The van der Waals surface area contributed by atoms with Crippen LogP contribution < -0.4 is 15.4 Å². The lowest BCUT2D eigenvalue weighted by Gasteiger charge is -2.13. The third-order valence-corrected chi connectivity index (χ3v) is 2.97. The first kappa shape index (κ1) is 16.0. The number of nitrogens with one attached hydrogen (secondary N) is 2. The smallest absolute Gasteiger partial charge is 0.168 e. The quantitative estimate of drug-likeness (QED) is 0.852. The predicted molar refractivity (Wildman–Crippen MR) is 83.2 cm³/mol. The highest BCUT2D eigenvalue weighted by atomic mass is 19.1. The lowest BCUT2D eigenvalue weighted by Crippen LogP contribution is -2.14. The number of hydrogen-bond acceptors (Lipinski definition) is 4. The molecule has 0 unspecified atom stereocenters. The molecule has 1 aromatic heterocycles. The van der Waals surface area contributed by atoms with Crippen molar-refractivity contribution in [1.82, 2.24) is 4.98 Å². The van der Waals surface area contributed by atoms with Crippen molar-refractivity contribution in [1.29, 1.82) is 0 Å². The maximum atomic E-state index is 13.8. The standard InChI is InChI=1S/C16H19F2N3O/c1-10(2)20-16-14(18)8-13(17)15(21-16)19-9-11-4-6-12(22-3)7-5-11/h4-8,10H,9H2,1-3H3,(H2,19,20,21). The molecule has 4 nitrogen and oxygen atoms in total. The Morgan fingerprint density at radius 3 is 2.32 bits per heavy atom. The van der Waals surface area contributed by atoms with Gasteiger partial charge in [0.15, 0.2) is 23.3 Å². The molecule has 6 heteroatoms. The van der Waals surface area contributed by atoms with E-state index in [1.54, 1.807) is 7.11 Å². The lowest BCUT2D eigenvalue weighted by atomic mass is 10.2. The van der Waals surface area contributed by atoms with Crippen LogP contribution in [0.4, 0.5) is 20.4 Å². The zero-order valence-corrected chi connectivity index (χ0v) is 12.8. The van der Waals surface area contributed by atoms with Crippen molar-refractivity contribution in [3.8, 4) is 5.75 Å². The third-order valence-electron chi connectivity index (χ3n) is 2.97. The van der Waals surface area contributed by atoms with Crippen molar-refractivity contribution in [2.45, 2.75) is 26.4 Å². The number of methoxy groups -OCH3 is 1. The number of nitrogens with zero attached hydrogens (tertiary/aromatic N) is 1. The molecule has 0 aliphatic carbocycles. The van der Waals surface area contributed by atoms with E-state index >= 15 is 0 Å². The summed E-state index contributed by atoms with van der Waals surface area (Å²) in [4.78, 5) is 3.96. The summed E-state index contributed by atoms with van der Waals surface area (Å²) in [5, 5.41) is 5.72. The first-order valence-electron chi connectivity index (χ1n) is 6.99. The van der Waals surface area contributed by atoms with Gasteiger partial charge in [-0.3, -0.25) is 0 Å². The van der Waals surface area contributed by atoms with Crippen LogP contribution in [-0.2, 0) is 6.54 Å². The zero-order chi connectivity index (χ0) is 16.1. The molecule has 0 aliphatic heterocycles. The minimum Gasteiger partial charge on any atom is -0.497 e. The molecule has 0 aliphatic rings. The van der Waals surface area contributed by atoms with Gasteiger partial charge < -0.3 is 15.4 Å². The van der Waals surface area contributed by atoms with Gasteiger partial charge in [0.1, 0.15) is 5.75 Å². The van der Waals surface area contributed by atoms with Gasteiger partial charge in [0.2, 0.25) is 0 Å². The van der Waals surface area contributed by atoms with Crippen LogP contribution in [0.15, 0.2) is 30.3 Å². The number of pyridine rings is 1. The molecule has 0 fully saturated rings. The topological polar surface area (TPSA) is 46.2 Å². The summed E-state index contributed by atoms with van der Waals surface area (Å²) in [5.74, 6) is -0.631. The predicted octanol–water partition coefficient (Wildman–Crippen LogP) is 3.80. The molecule has 22 heavy (non-hydrogen) atoms. The molecule has 0 bridgehead atoms. The molecular formula is C16H19F2N3O. The monoisotopic (exact) mass is 307 g/mol. The van der Waals surface area contributed by atoms with E-state index in [0.717, 1.165) is 17.4 Å². The number of anilines is 2. The molecule has 2 N–H and O–H groups in total.